The summed E-state index contributed by atoms with van der Waals surface area (Å²) in [5.41, 5.74) is 0.393. The molecule has 0 N–H and O–H groups in total. The van der Waals surface area contributed by atoms with E-state index >= 15 is 0 Å². The maximum absolute atomic E-state index is 11.9. The van der Waals surface area contributed by atoms with Crippen LogP contribution in [-0.2, 0) is 14.9 Å². The number of carbonyl (C=O) groups is 1. The van der Waals surface area contributed by atoms with Gasteiger partial charge in [-0.1, -0.05) is 20.3 Å². The van der Waals surface area contributed by atoms with Crippen LogP contribution in [0.15, 0.2) is 12.3 Å². The lowest BCUT2D eigenvalue weighted by Gasteiger charge is -2.37. The van der Waals surface area contributed by atoms with Gasteiger partial charge in [-0.2, -0.15) is 0 Å². The SMILES string of the molecule is COC(=O)C1(c2nccc(C(C)C)n2)CCC1. The summed E-state index contributed by atoms with van der Waals surface area (Å²) >= 11 is 0. The minimum Gasteiger partial charge on any atom is -0.468 e. The number of nitrogens with zero attached hydrogens (tertiary/aromatic N) is 2. The van der Waals surface area contributed by atoms with Crippen molar-refractivity contribution in [3.8, 4) is 0 Å². The zero-order valence-electron chi connectivity index (χ0n) is 10.6. The normalized spacial score (nSPS) is 17.6. The molecule has 1 fully saturated rings. The van der Waals surface area contributed by atoms with Crippen LogP contribution in [0.5, 0.6) is 0 Å². The van der Waals surface area contributed by atoms with E-state index < -0.39 is 5.41 Å². The molecule has 4 heteroatoms. The van der Waals surface area contributed by atoms with Crippen molar-refractivity contribution >= 4 is 5.97 Å². The van der Waals surface area contributed by atoms with E-state index in [9.17, 15) is 4.79 Å². The molecule has 2 rings (SSSR count). The van der Waals surface area contributed by atoms with Gasteiger partial charge >= 0.3 is 5.97 Å². The van der Waals surface area contributed by atoms with Gasteiger partial charge in [-0.05, 0) is 24.8 Å². The highest BCUT2D eigenvalue weighted by Crippen LogP contribution is 2.43. The number of aromatic nitrogens is 2. The van der Waals surface area contributed by atoms with Gasteiger partial charge in [-0.15, -0.1) is 0 Å². The third kappa shape index (κ3) is 1.92. The van der Waals surface area contributed by atoms with Crippen LogP contribution in [-0.4, -0.2) is 23.0 Å². The number of hydrogen-bond donors (Lipinski definition) is 0. The smallest absolute Gasteiger partial charge is 0.319 e. The van der Waals surface area contributed by atoms with Crippen molar-refractivity contribution in [1.29, 1.82) is 0 Å². The number of rotatable bonds is 3. The number of methoxy groups -OCH3 is 1. The summed E-state index contributed by atoms with van der Waals surface area (Å²) in [6, 6.07) is 1.90. The molecule has 0 aliphatic heterocycles. The molecule has 17 heavy (non-hydrogen) atoms. The molecule has 1 aromatic rings. The fraction of sp³-hybridized carbons (Fsp3) is 0.615. The van der Waals surface area contributed by atoms with E-state index in [1.165, 1.54) is 7.11 Å². The third-order valence-corrected chi connectivity index (χ3v) is 3.48. The Bertz CT molecular complexity index is 425. The summed E-state index contributed by atoms with van der Waals surface area (Å²) in [6.45, 7) is 4.16. The second-order valence-corrected chi connectivity index (χ2v) is 4.89. The molecular formula is C13H18N2O2. The van der Waals surface area contributed by atoms with Crippen LogP contribution in [0, 0.1) is 0 Å². The predicted octanol–water partition coefficient (Wildman–Crippen LogP) is 2.19. The first-order chi connectivity index (χ1) is 8.10. The molecule has 1 heterocycles. The highest BCUT2D eigenvalue weighted by atomic mass is 16.5. The van der Waals surface area contributed by atoms with Gasteiger partial charge in [0.15, 0.2) is 0 Å². The monoisotopic (exact) mass is 234 g/mol. The molecule has 0 radical (unpaired) electrons. The highest BCUT2D eigenvalue weighted by Gasteiger charge is 2.49. The molecule has 4 nitrogen and oxygen atoms in total. The summed E-state index contributed by atoms with van der Waals surface area (Å²) in [5.74, 6) is 0.762. The number of esters is 1. The van der Waals surface area contributed by atoms with Gasteiger partial charge in [0.1, 0.15) is 11.2 Å². The molecule has 1 aliphatic carbocycles. The summed E-state index contributed by atoms with van der Waals surface area (Å²) in [7, 11) is 1.43. The van der Waals surface area contributed by atoms with E-state index in [1.807, 2.05) is 6.07 Å². The second kappa shape index (κ2) is 4.43. The molecule has 0 atom stereocenters. The molecule has 0 saturated heterocycles. The quantitative estimate of drug-likeness (QED) is 0.752. The number of ether oxygens (including phenoxy) is 1. The Balaban J connectivity index is 2.38. The van der Waals surface area contributed by atoms with Crippen molar-refractivity contribution in [3.63, 3.8) is 0 Å². The van der Waals surface area contributed by atoms with Crippen LogP contribution >= 0.6 is 0 Å². The number of carbonyl (C=O) groups excluding carboxylic acids is 1. The summed E-state index contributed by atoms with van der Waals surface area (Å²) in [4.78, 5) is 20.7. The zero-order chi connectivity index (χ0) is 12.5. The van der Waals surface area contributed by atoms with E-state index in [2.05, 4.69) is 23.8 Å². The van der Waals surface area contributed by atoms with Gasteiger partial charge in [0, 0.05) is 11.9 Å². The summed E-state index contributed by atoms with van der Waals surface area (Å²) < 4.78 is 4.89. The van der Waals surface area contributed by atoms with Gasteiger partial charge in [-0.3, -0.25) is 4.79 Å². The maximum atomic E-state index is 11.9. The lowest BCUT2D eigenvalue weighted by molar-refractivity contribution is -0.151. The first-order valence-corrected chi connectivity index (χ1v) is 6.02. The number of hydrogen-bond acceptors (Lipinski definition) is 4. The predicted molar refractivity (Wildman–Crippen MR) is 63.7 cm³/mol. The molecule has 1 saturated carbocycles. The Morgan fingerprint density at radius 3 is 2.65 bits per heavy atom. The molecule has 0 amide bonds. The van der Waals surface area contributed by atoms with Crippen LogP contribution in [0.25, 0.3) is 0 Å². The van der Waals surface area contributed by atoms with Crippen LogP contribution in [0.1, 0.15) is 50.5 Å². The van der Waals surface area contributed by atoms with Crippen LogP contribution in [0.3, 0.4) is 0 Å². The van der Waals surface area contributed by atoms with Crippen molar-refractivity contribution in [2.45, 2.75) is 44.4 Å². The van der Waals surface area contributed by atoms with Crippen LogP contribution < -0.4 is 0 Å². The molecule has 0 unspecified atom stereocenters. The molecule has 0 aromatic carbocycles. The van der Waals surface area contributed by atoms with Gasteiger partial charge in [0.2, 0.25) is 0 Å². The summed E-state index contributed by atoms with van der Waals surface area (Å²) in [5, 5.41) is 0. The van der Waals surface area contributed by atoms with Crippen LogP contribution in [0.4, 0.5) is 0 Å². The van der Waals surface area contributed by atoms with Gasteiger partial charge in [0.25, 0.3) is 0 Å². The standard InChI is InChI=1S/C13H18N2O2/c1-9(2)10-5-8-14-11(15-10)13(6-4-7-13)12(16)17-3/h5,8-9H,4,6-7H2,1-3H3. The van der Waals surface area contributed by atoms with Crippen molar-refractivity contribution in [3.05, 3.63) is 23.8 Å². The zero-order valence-corrected chi connectivity index (χ0v) is 10.6. The highest BCUT2D eigenvalue weighted by molar-refractivity contribution is 5.83. The second-order valence-electron chi connectivity index (χ2n) is 4.89. The van der Waals surface area contributed by atoms with Crippen molar-refractivity contribution < 1.29 is 9.53 Å². The van der Waals surface area contributed by atoms with Crippen LogP contribution in [0.2, 0.25) is 0 Å². The lowest BCUT2D eigenvalue weighted by atomic mass is 9.68. The molecule has 1 aromatic heterocycles. The van der Waals surface area contributed by atoms with Gasteiger partial charge in [-0.25, -0.2) is 9.97 Å². The summed E-state index contributed by atoms with van der Waals surface area (Å²) in [6.07, 6.45) is 4.35. The first-order valence-electron chi connectivity index (χ1n) is 6.02. The van der Waals surface area contributed by atoms with E-state index in [0.717, 1.165) is 25.0 Å². The third-order valence-electron chi connectivity index (χ3n) is 3.48. The fourth-order valence-corrected chi connectivity index (χ4v) is 2.17. The Kier molecular flexibility index (Phi) is 3.13. The Morgan fingerprint density at radius 2 is 2.18 bits per heavy atom. The van der Waals surface area contributed by atoms with E-state index in [0.29, 0.717) is 11.7 Å². The van der Waals surface area contributed by atoms with E-state index in [-0.39, 0.29) is 5.97 Å². The largest absolute Gasteiger partial charge is 0.468 e. The molecule has 1 aliphatic rings. The Morgan fingerprint density at radius 1 is 1.47 bits per heavy atom. The minimum atomic E-state index is -0.584. The maximum Gasteiger partial charge on any atom is 0.319 e. The van der Waals surface area contributed by atoms with E-state index in [1.54, 1.807) is 6.20 Å². The Hall–Kier alpha value is -1.45. The van der Waals surface area contributed by atoms with Gasteiger partial charge < -0.3 is 4.74 Å². The van der Waals surface area contributed by atoms with Gasteiger partial charge in [0.05, 0.1) is 7.11 Å². The molecule has 92 valence electrons. The Labute approximate surface area is 101 Å². The van der Waals surface area contributed by atoms with Crippen molar-refractivity contribution in [1.82, 2.24) is 9.97 Å². The topological polar surface area (TPSA) is 52.1 Å². The first kappa shape index (κ1) is 12.0. The minimum absolute atomic E-state index is 0.204. The van der Waals surface area contributed by atoms with E-state index in [4.69, 9.17) is 4.74 Å². The fourth-order valence-electron chi connectivity index (χ4n) is 2.17. The average Bonchev–Trinajstić information content (AvgIpc) is 2.27. The molecule has 0 spiro atoms. The average molecular weight is 234 g/mol. The van der Waals surface area contributed by atoms with Crippen molar-refractivity contribution in [2.75, 3.05) is 7.11 Å². The molecule has 0 bridgehead atoms. The van der Waals surface area contributed by atoms with Crippen molar-refractivity contribution in [2.24, 2.45) is 0 Å². The lowest BCUT2D eigenvalue weighted by Crippen LogP contribution is -2.44. The molecular weight excluding hydrogens is 216 g/mol.